The van der Waals surface area contributed by atoms with Gasteiger partial charge in [-0.2, -0.15) is 0 Å². The fourth-order valence-corrected chi connectivity index (χ4v) is 3.36. The van der Waals surface area contributed by atoms with Crippen LogP contribution in [0.2, 0.25) is 0 Å². The number of carbonyl (C=O) groups is 2. The van der Waals surface area contributed by atoms with E-state index in [9.17, 15) is 9.59 Å². The Balaban J connectivity index is 1.42. The maximum Gasteiger partial charge on any atom is 0.228 e. The number of rotatable bonds is 6. The first kappa shape index (κ1) is 19.9. The van der Waals surface area contributed by atoms with Crippen molar-refractivity contribution >= 4 is 17.6 Å². The lowest BCUT2D eigenvalue weighted by atomic mass is 9.95. The molecule has 0 atom stereocenters. The van der Waals surface area contributed by atoms with E-state index in [-0.39, 0.29) is 17.7 Å². The molecule has 1 aromatic carbocycles. The third-order valence-corrected chi connectivity index (χ3v) is 5.17. The van der Waals surface area contributed by atoms with Gasteiger partial charge in [-0.05, 0) is 55.5 Å². The Morgan fingerprint density at radius 1 is 1.14 bits per heavy atom. The van der Waals surface area contributed by atoms with E-state index in [1.165, 1.54) is 0 Å². The third-order valence-electron chi connectivity index (χ3n) is 5.17. The van der Waals surface area contributed by atoms with Crippen molar-refractivity contribution < 1.29 is 14.3 Å². The van der Waals surface area contributed by atoms with Crippen LogP contribution in [0.5, 0.6) is 5.75 Å². The Bertz CT molecular complexity index is 795. The first-order chi connectivity index (χ1) is 13.5. The van der Waals surface area contributed by atoms with Crippen LogP contribution in [-0.4, -0.2) is 41.9 Å². The van der Waals surface area contributed by atoms with Gasteiger partial charge in [-0.15, -0.1) is 0 Å². The van der Waals surface area contributed by atoms with Crippen molar-refractivity contribution in [1.82, 2.24) is 9.88 Å². The number of ether oxygens (including phenoxy) is 1. The highest BCUT2D eigenvalue weighted by Crippen LogP contribution is 2.20. The summed E-state index contributed by atoms with van der Waals surface area (Å²) < 4.78 is 5.15. The van der Waals surface area contributed by atoms with Crippen LogP contribution in [0, 0.1) is 12.8 Å². The van der Waals surface area contributed by atoms with Crippen LogP contribution in [-0.2, 0) is 16.0 Å². The van der Waals surface area contributed by atoms with Gasteiger partial charge >= 0.3 is 0 Å². The molecule has 1 N–H and O–H groups in total. The van der Waals surface area contributed by atoms with Gasteiger partial charge in [-0.3, -0.25) is 9.59 Å². The average Bonchev–Trinajstić information content (AvgIpc) is 2.74. The molecular weight excluding hydrogens is 354 g/mol. The molecule has 1 aliphatic heterocycles. The molecule has 6 nitrogen and oxygen atoms in total. The molecule has 3 rings (SSSR count). The van der Waals surface area contributed by atoms with Gasteiger partial charge in [0.05, 0.1) is 7.11 Å². The Morgan fingerprint density at radius 3 is 2.46 bits per heavy atom. The number of amides is 2. The normalized spacial score (nSPS) is 14.6. The zero-order valence-corrected chi connectivity index (χ0v) is 16.5. The van der Waals surface area contributed by atoms with Crippen LogP contribution >= 0.6 is 0 Å². The van der Waals surface area contributed by atoms with Crippen molar-refractivity contribution in [2.75, 3.05) is 25.5 Å². The minimum atomic E-state index is -0.0752. The summed E-state index contributed by atoms with van der Waals surface area (Å²) in [4.78, 5) is 31.0. The zero-order valence-electron chi connectivity index (χ0n) is 16.5. The van der Waals surface area contributed by atoms with E-state index in [0.717, 1.165) is 16.9 Å². The fraction of sp³-hybridized carbons (Fsp3) is 0.409. The van der Waals surface area contributed by atoms with Gasteiger partial charge in [0.25, 0.3) is 0 Å². The summed E-state index contributed by atoms with van der Waals surface area (Å²) in [5.41, 5.74) is 2.17. The molecule has 0 radical (unpaired) electrons. The second-order valence-corrected chi connectivity index (χ2v) is 7.21. The number of carbonyl (C=O) groups excluding carboxylic acids is 2. The van der Waals surface area contributed by atoms with Crippen LogP contribution < -0.4 is 10.1 Å². The molecule has 2 heterocycles. The van der Waals surface area contributed by atoms with Crippen molar-refractivity contribution in [2.24, 2.45) is 5.92 Å². The maximum atomic E-state index is 12.5. The molecule has 1 saturated heterocycles. The summed E-state index contributed by atoms with van der Waals surface area (Å²) in [6.45, 7) is 3.21. The molecular formula is C22H27N3O3. The van der Waals surface area contributed by atoms with Crippen molar-refractivity contribution in [3.63, 3.8) is 0 Å². The van der Waals surface area contributed by atoms with Gasteiger partial charge in [0.2, 0.25) is 11.8 Å². The largest absolute Gasteiger partial charge is 0.497 e. The van der Waals surface area contributed by atoms with Crippen molar-refractivity contribution in [1.29, 1.82) is 0 Å². The van der Waals surface area contributed by atoms with E-state index in [1.54, 1.807) is 13.3 Å². The average molecular weight is 381 g/mol. The minimum Gasteiger partial charge on any atom is -0.497 e. The summed E-state index contributed by atoms with van der Waals surface area (Å²) in [5.74, 6) is 1.45. The first-order valence-corrected chi connectivity index (χ1v) is 9.69. The smallest absolute Gasteiger partial charge is 0.228 e. The summed E-state index contributed by atoms with van der Waals surface area (Å²) in [6.07, 6.45) is 4.30. The molecule has 0 unspecified atom stereocenters. The number of methoxy groups -OCH3 is 1. The highest BCUT2D eigenvalue weighted by atomic mass is 16.5. The zero-order chi connectivity index (χ0) is 19.9. The Hall–Kier alpha value is -2.89. The van der Waals surface area contributed by atoms with Crippen molar-refractivity contribution in [3.05, 3.63) is 53.7 Å². The quantitative estimate of drug-likeness (QED) is 0.834. The molecule has 0 spiro atoms. The number of nitrogens with one attached hydrogen (secondary N) is 1. The van der Waals surface area contributed by atoms with E-state index < -0.39 is 0 Å². The standard InChI is InChI=1S/C22H27N3O3/c1-16-3-9-20(23-15-16)24-22(27)18-11-13-25(14-12-18)21(26)10-6-17-4-7-19(28-2)8-5-17/h3-5,7-9,15,18H,6,10-14H2,1-2H3,(H,23,24,27). The number of aromatic nitrogens is 1. The van der Waals surface area contributed by atoms with Gasteiger partial charge in [-0.1, -0.05) is 18.2 Å². The molecule has 1 aromatic heterocycles. The van der Waals surface area contributed by atoms with E-state index in [2.05, 4.69) is 10.3 Å². The van der Waals surface area contributed by atoms with Gasteiger partial charge in [-0.25, -0.2) is 4.98 Å². The van der Waals surface area contributed by atoms with Crippen molar-refractivity contribution in [2.45, 2.75) is 32.6 Å². The second kappa shape index (κ2) is 9.35. The number of hydrogen-bond acceptors (Lipinski definition) is 4. The van der Waals surface area contributed by atoms with Gasteiger partial charge < -0.3 is 15.0 Å². The lowest BCUT2D eigenvalue weighted by Gasteiger charge is -2.31. The van der Waals surface area contributed by atoms with E-state index >= 15 is 0 Å². The van der Waals surface area contributed by atoms with Crippen LogP contribution in [0.4, 0.5) is 5.82 Å². The Kier molecular flexibility index (Phi) is 6.63. The third kappa shape index (κ3) is 5.31. The number of likely N-dealkylation sites (tertiary alicyclic amines) is 1. The lowest BCUT2D eigenvalue weighted by molar-refractivity contribution is -0.134. The topological polar surface area (TPSA) is 71.5 Å². The second-order valence-electron chi connectivity index (χ2n) is 7.21. The van der Waals surface area contributed by atoms with Crippen LogP contribution in [0.1, 0.15) is 30.4 Å². The monoisotopic (exact) mass is 381 g/mol. The van der Waals surface area contributed by atoms with Gasteiger partial charge in [0.15, 0.2) is 0 Å². The Morgan fingerprint density at radius 2 is 1.86 bits per heavy atom. The SMILES string of the molecule is COc1ccc(CCC(=O)N2CCC(C(=O)Nc3ccc(C)cn3)CC2)cc1. The molecule has 0 bridgehead atoms. The highest BCUT2D eigenvalue weighted by molar-refractivity contribution is 5.91. The predicted molar refractivity (Wildman–Crippen MR) is 108 cm³/mol. The highest BCUT2D eigenvalue weighted by Gasteiger charge is 2.27. The number of anilines is 1. The number of pyridine rings is 1. The molecule has 2 amide bonds. The fourth-order valence-electron chi connectivity index (χ4n) is 3.36. The van der Waals surface area contributed by atoms with E-state index in [0.29, 0.717) is 44.6 Å². The van der Waals surface area contributed by atoms with Gasteiger partial charge in [0, 0.05) is 31.6 Å². The van der Waals surface area contributed by atoms with E-state index in [4.69, 9.17) is 4.74 Å². The first-order valence-electron chi connectivity index (χ1n) is 9.69. The summed E-state index contributed by atoms with van der Waals surface area (Å²) in [7, 11) is 1.64. The molecule has 0 saturated carbocycles. The van der Waals surface area contributed by atoms with Gasteiger partial charge in [0.1, 0.15) is 11.6 Å². The summed E-state index contributed by atoms with van der Waals surface area (Å²) in [5, 5.41) is 2.88. The van der Waals surface area contributed by atoms with Crippen LogP contribution in [0.25, 0.3) is 0 Å². The predicted octanol–water partition coefficient (Wildman–Crippen LogP) is 3.21. The molecule has 2 aromatic rings. The van der Waals surface area contributed by atoms with E-state index in [1.807, 2.05) is 48.2 Å². The van der Waals surface area contributed by atoms with Crippen LogP contribution in [0.3, 0.4) is 0 Å². The number of piperidine rings is 1. The molecule has 6 heteroatoms. The van der Waals surface area contributed by atoms with Crippen LogP contribution in [0.15, 0.2) is 42.6 Å². The summed E-state index contributed by atoms with van der Waals surface area (Å²) >= 11 is 0. The molecule has 0 aliphatic carbocycles. The molecule has 148 valence electrons. The molecule has 28 heavy (non-hydrogen) atoms. The number of aryl methyl sites for hydroxylation is 2. The molecule has 1 fully saturated rings. The Labute approximate surface area is 165 Å². The number of nitrogens with zero attached hydrogens (tertiary/aromatic N) is 2. The maximum absolute atomic E-state index is 12.5. The minimum absolute atomic E-state index is 0.0123. The number of hydrogen-bond donors (Lipinski definition) is 1. The summed E-state index contributed by atoms with van der Waals surface area (Å²) in [6, 6.07) is 11.5. The molecule has 1 aliphatic rings. The van der Waals surface area contributed by atoms with Crippen molar-refractivity contribution in [3.8, 4) is 5.75 Å². The lowest BCUT2D eigenvalue weighted by Crippen LogP contribution is -2.41. The number of benzene rings is 1.